The van der Waals surface area contributed by atoms with Gasteiger partial charge in [-0.3, -0.25) is 14.4 Å². The van der Waals surface area contributed by atoms with E-state index < -0.39 is 5.91 Å². The standard InChI is InChI=1S/C21H25N3O3/c1-2-20(26)23-18-10-6-9-17(15-18)21(27)24(14-12-19(22)25)13-11-16-7-4-3-5-8-16/h3-10,15H,2,11-14H2,1H3,(H2,22,25)(H,23,26). The summed E-state index contributed by atoms with van der Waals surface area (Å²) in [5.74, 6) is -0.759. The third kappa shape index (κ3) is 6.58. The van der Waals surface area contributed by atoms with Crippen molar-refractivity contribution in [2.45, 2.75) is 26.2 Å². The van der Waals surface area contributed by atoms with Crippen LogP contribution in [-0.4, -0.2) is 35.7 Å². The summed E-state index contributed by atoms with van der Waals surface area (Å²) in [6.07, 6.45) is 1.14. The molecule has 2 rings (SSSR count). The van der Waals surface area contributed by atoms with Crippen molar-refractivity contribution < 1.29 is 14.4 Å². The highest BCUT2D eigenvalue weighted by Gasteiger charge is 2.17. The van der Waals surface area contributed by atoms with Gasteiger partial charge >= 0.3 is 0 Å². The van der Waals surface area contributed by atoms with Crippen LogP contribution in [0.2, 0.25) is 0 Å². The third-order valence-electron chi connectivity index (χ3n) is 4.14. The van der Waals surface area contributed by atoms with Gasteiger partial charge in [-0.25, -0.2) is 0 Å². The average molecular weight is 367 g/mol. The molecule has 3 N–H and O–H groups in total. The van der Waals surface area contributed by atoms with Crippen LogP contribution < -0.4 is 11.1 Å². The van der Waals surface area contributed by atoms with E-state index in [-0.39, 0.29) is 24.8 Å². The lowest BCUT2D eigenvalue weighted by Gasteiger charge is -2.22. The SMILES string of the molecule is CCC(=O)Nc1cccc(C(=O)N(CCC(N)=O)CCc2ccccc2)c1. The molecule has 0 aliphatic rings. The number of primary amides is 1. The molecule has 0 saturated carbocycles. The first-order valence-electron chi connectivity index (χ1n) is 9.01. The van der Waals surface area contributed by atoms with Gasteiger partial charge in [0, 0.05) is 37.2 Å². The molecule has 0 radical (unpaired) electrons. The molecule has 6 nitrogen and oxygen atoms in total. The molecule has 6 heteroatoms. The summed E-state index contributed by atoms with van der Waals surface area (Å²) in [6.45, 7) is 2.49. The van der Waals surface area contributed by atoms with Crippen LogP contribution in [0.4, 0.5) is 5.69 Å². The minimum absolute atomic E-state index is 0.104. The van der Waals surface area contributed by atoms with Crippen LogP contribution in [0, 0.1) is 0 Å². The minimum Gasteiger partial charge on any atom is -0.370 e. The summed E-state index contributed by atoms with van der Waals surface area (Å²) in [5, 5.41) is 2.75. The van der Waals surface area contributed by atoms with Gasteiger partial charge in [0.25, 0.3) is 5.91 Å². The van der Waals surface area contributed by atoms with E-state index in [0.717, 1.165) is 5.56 Å². The van der Waals surface area contributed by atoms with E-state index in [9.17, 15) is 14.4 Å². The van der Waals surface area contributed by atoms with E-state index >= 15 is 0 Å². The predicted molar refractivity (Wildman–Crippen MR) is 105 cm³/mol. The van der Waals surface area contributed by atoms with Crippen molar-refractivity contribution in [3.8, 4) is 0 Å². The Hall–Kier alpha value is -3.15. The van der Waals surface area contributed by atoms with Crippen LogP contribution in [0.5, 0.6) is 0 Å². The smallest absolute Gasteiger partial charge is 0.253 e. The molecule has 2 aromatic carbocycles. The number of nitrogens with zero attached hydrogens (tertiary/aromatic N) is 1. The Morgan fingerprint density at radius 3 is 2.41 bits per heavy atom. The number of carbonyl (C=O) groups is 3. The fourth-order valence-corrected chi connectivity index (χ4v) is 2.63. The fraction of sp³-hybridized carbons (Fsp3) is 0.286. The molecule has 2 aromatic rings. The normalized spacial score (nSPS) is 10.3. The Morgan fingerprint density at radius 2 is 1.74 bits per heavy atom. The van der Waals surface area contributed by atoms with Crippen molar-refractivity contribution in [2.24, 2.45) is 5.73 Å². The second-order valence-electron chi connectivity index (χ2n) is 6.23. The van der Waals surface area contributed by atoms with Gasteiger partial charge in [0.15, 0.2) is 0 Å². The lowest BCUT2D eigenvalue weighted by Crippen LogP contribution is -2.35. The molecule has 0 aromatic heterocycles. The molecule has 0 spiro atoms. The summed E-state index contributed by atoms with van der Waals surface area (Å²) >= 11 is 0. The van der Waals surface area contributed by atoms with Gasteiger partial charge in [-0.2, -0.15) is 0 Å². The monoisotopic (exact) mass is 367 g/mol. The first-order chi connectivity index (χ1) is 13.0. The average Bonchev–Trinajstić information content (AvgIpc) is 2.68. The Bertz CT molecular complexity index is 790. The minimum atomic E-state index is -0.448. The number of nitrogens with one attached hydrogen (secondary N) is 1. The number of hydrogen-bond acceptors (Lipinski definition) is 3. The van der Waals surface area contributed by atoms with Gasteiger partial charge in [-0.05, 0) is 30.2 Å². The molecule has 0 heterocycles. The number of benzene rings is 2. The number of anilines is 1. The molecule has 0 aliphatic heterocycles. The number of hydrogen-bond donors (Lipinski definition) is 2. The molecular formula is C21H25N3O3. The molecule has 3 amide bonds. The van der Waals surface area contributed by atoms with Crippen molar-refractivity contribution >= 4 is 23.4 Å². The highest BCUT2D eigenvalue weighted by molar-refractivity contribution is 5.97. The Labute approximate surface area is 159 Å². The lowest BCUT2D eigenvalue weighted by atomic mass is 10.1. The van der Waals surface area contributed by atoms with Crippen molar-refractivity contribution in [1.82, 2.24) is 4.90 Å². The molecule has 0 saturated heterocycles. The number of carbonyl (C=O) groups excluding carboxylic acids is 3. The Kier molecular flexibility index (Phi) is 7.55. The zero-order valence-corrected chi connectivity index (χ0v) is 15.5. The van der Waals surface area contributed by atoms with Crippen LogP contribution in [-0.2, 0) is 16.0 Å². The van der Waals surface area contributed by atoms with Crippen LogP contribution in [0.3, 0.4) is 0 Å². The molecular weight excluding hydrogens is 342 g/mol. The van der Waals surface area contributed by atoms with Crippen LogP contribution in [0.1, 0.15) is 35.7 Å². The molecule has 27 heavy (non-hydrogen) atoms. The van der Waals surface area contributed by atoms with Gasteiger partial charge in [-0.15, -0.1) is 0 Å². The largest absolute Gasteiger partial charge is 0.370 e. The third-order valence-corrected chi connectivity index (χ3v) is 4.14. The Balaban J connectivity index is 2.13. The first kappa shape index (κ1) is 20.2. The quantitative estimate of drug-likeness (QED) is 0.713. The highest BCUT2D eigenvalue weighted by atomic mass is 16.2. The number of nitrogens with two attached hydrogens (primary N) is 1. The highest BCUT2D eigenvalue weighted by Crippen LogP contribution is 2.14. The molecule has 0 unspecified atom stereocenters. The zero-order chi connectivity index (χ0) is 19.6. The van der Waals surface area contributed by atoms with Crippen LogP contribution in [0.25, 0.3) is 0 Å². The van der Waals surface area contributed by atoms with Crippen LogP contribution in [0.15, 0.2) is 54.6 Å². The van der Waals surface area contributed by atoms with Crippen molar-refractivity contribution in [3.05, 3.63) is 65.7 Å². The van der Waals surface area contributed by atoms with E-state index in [2.05, 4.69) is 5.32 Å². The molecule has 0 bridgehead atoms. The maximum absolute atomic E-state index is 12.9. The van der Waals surface area contributed by atoms with E-state index in [1.807, 2.05) is 30.3 Å². The van der Waals surface area contributed by atoms with E-state index in [0.29, 0.717) is 30.6 Å². The second kappa shape index (κ2) is 10.1. The maximum Gasteiger partial charge on any atom is 0.253 e. The zero-order valence-electron chi connectivity index (χ0n) is 15.5. The van der Waals surface area contributed by atoms with Gasteiger partial charge in [0.05, 0.1) is 0 Å². The predicted octanol–water partition coefficient (Wildman–Crippen LogP) is 2.60. The second-order valence-corrected chi connectivity index (χ2v) is 6.23. The number of rotatable bonds is 9. The van der Waals surface area contributed by atoms with Crippen molar-refractivity contribution in [2.75, 3.05) is 18.4 Å². The van der Waals surface area contributed by atoms with Gasteiger partial charge in [0.1, 0.15) is 0 Å². The topological polar surface area (TPSA) is 92.5 Å². The van der Waals surface area contributed by atoms with Crippen LogP contribution >= 0.6 is 0 Å². The van der Waals surface area contributed by atoms with Crippen molar-refractivity contribution in [3.63, 3.8) is 0 Å². The maximum atomic E-state index is 12.9. The number of amides is 3. The summed E-state index contributed by atoms with van der Waals surface area (Å²) in [7, 11) is 0. The summed E-state index contributed by atoms with van der Waals surface area (Å²) in [5.41, 5.74) is 7.40. The van der Waals surface area contributed by atoms with Gasteiger partial charge in [0.2, 0.25) is 11.8 Å². The molecule has 0 atom stereocenters. The van der Waals surface area contributed by atoms with Gasteiger partial charge < -0.3 is 16.0 Å². The molecule has 0 fully saturated rings. The Morgan fingerprint density at radius 1 is 1.00 bits per heavy atom. The molecule has 0 aliphatic carbocycles. The first-order valence-corrected chi connectivity index (χ1v) is 9.01. The summed E-state index contributed by atoms with van der Waals surface area (Å²) in [6, 6.07) is 16.6. The fourth-order valence-electron chi connectivity index (χ4n) is 2.63. The summed E-state index contributed by atoms with van der Waals surface area (Å²) < 4.78 is 0. The summed E-state index contributed by atoms with van der Waals surface area (Å²) in [4.78, 5) is 37.3. The lowest BCUT2D eigenvalue weighted by molar-refractivity contribution is -0.118. The van der Waals surface area contributed by atoms with E-state index in [1.54, 1.807) is 36.1 Å². The molecule has 142 valence electrons. The van der Waals surface area contributed by atoms with Gasteiger partial charge in [-0.1, -0.05) is 43.3 Å². The van der Waals surface area contributed by atoms with Crippen molar-refractivity contribution in [1.29, 1.82) is 0 Å². The van der Waals surface area contributed by atoms with E-state index in [1.165, 1.54) is 0 Å². The van der Waals surface area contributed by atoms with E-state index in [4.69, 9.17) is 5.73 Å².